The van der Waals surface area contributed by atoms with Gasteiger partial charge in [-0.1, -0.05) is 31.0 Å². The van der Waals surface area contributed by atoms with E-state index < -0.39 is 11.9 Å². The smallest absolute Gasteiger partial charge is 0.315 e. The number of aliphatic hydroxyl groups excluding tert-OH is 1. The minimum Gasteiger partial charge on any atom is -0.394 e. The molecule has 0 aromatic heterocycles. The van der Waals surface area contributed by atoms with Gasteiger partial charge in [0.2, 0.25) is 0 Å². The van der Waals surface area contributed by atoms with Crippen LogP contribution in [0.1, 0.15) is 37.8 Å². The van der Waals surface area contributed by atoms with E-state index >= 15 is 0 Å². The van der Waals surface area contributed by atoms with Crippen LogP contribution in [0.3, 0.4) is 0 Å². The SMILES string of the molecule is CC1(CNC(=O)NC(CO)c2ccc(Cl)c(F)c2)CCC1. The lowest BCUT2D eigenvalue weighted by Gasteiger charge is -2.38. The van der Waals surface area contributed by atoms with Gasteiger partial charge in [0.25, 0.3) is 0 Å². The molecule has 21 heavy (non-hydrogen) atoms. The number of rotatable bonds is 5. The van der Waals surface area contributed by atoms with E-state index in [0.29, 0.717) is 12.1 Å². The Bertz CT molecular complexity index is 520. The standard InChI is InChI=1S/C15H20ClFN2O2/c1-15(5-2-6-15)9-18-14(21)19-13(8-20)10-3-4-11(16)12(17)7-10/h3-4,7,13,20H,2,5-6,8-9H2,1H3,(H2,18,19,21). The van der Waals surface area contributed by atoms with E-state index in [2.05, 4.69) is 17.6 Å². The molecule has 1 atom stereocenters. The van der Waals surface area contributed by atoms with Crippen molar-refractivity contribution in [2.75, 3.05) is 13.2 Å². The number of amides is 2. The largest absolute Gasteiger partial charge is 0.394 e. The third-order valence-electron chi connectivity index (χ3n) is 4.07. The maximum atomic E-state index is 13.4. The Morgan fingerprint density at radius 2 is 2.24 bits per heavy atom. The highest BCUT2D eigenvalue weighted by Gasteiger charge is 2.32. The Labute approximate surface area is 128 Å². The molecule has 3 N–H and O–H groups in total. The summed E-state index contributed by atoms with van der Waals surface area (Å²) in [6.07, 6.45) is 3.42. The first kappa shape index (κ1) is 16.0. The minimum atomic E-state index is -0.661. The van der Waals surface area contributed by atoms with Gasteiger partial charge in [0.1, 0.15) is 5.82 Å². The lowest BCUT2D eigenvalue weighted by Crippen LogP contribution is -2.45. The Balaban J connectivity index is 1.91. The van der Waals surface area contributed by atoms with E-state index in [4.69, 9.17) is 11.6 Å². The van der Waals surface area contributed by atoms with Crippen LogP contribution in [0, 0.1) is 11.2 Å². The van der Waals surface area contributed by atoms with Crippen LogP contribution in [0.4, 0.5) is 9.18 Å². The average Bonchev–Trinajstić information content (AvgIpc) is 2.43. The summed E-state index contributed by atoms with van der Waals surface area (Å²) in [5, 5.41) is 14.8. The molecule has 1 aliphatic rings. The van der Waals surface area contributed by atoms with Gasteiger partial charge in [0, 0.05) is 6.54 Å². The fourth-order valence-corrected chi connectivity index (χ4v) is 2.54. The Hall–Kier alpha value is -1.33. The number of hydrogen-bond donors (Lipinski definition) is 3. The van der Waals surface area contributed by atoms with Crippen LogP contribution < -0.4 is 10.6 Å². The van der Waals surface area contributed by atoms with Crippen LogP contribution in [0.15, 0.2) is 18.2 Å². The normalized spacial score (nSPS) is 17.7. The van der Waals surface area contributed by atoms with Crippen LogP contribution in [0.5, 0.6) is 0 Å². The summed E-state index contributed by atoms with van der Waals surface area (Å²) >= 11 is 5.62. The van der Waals surface area contributed by atoms with Gasteiger partial charge in [-0.05, 0) is 36.0 Å². The monoisotopic (exact) mass is 314 g/mol. The van der Waals surface area contributed by atoms with Gasteiger partial charge in [-0.2, -0.15) is 0 Å². The van der Waals surface area contributed by atoms with Crippen LogP contribution in [-0.4, -0.2) is 24.3 Å². The van der Waals surface area contributed by atoms with Crippen molar-refractivity contribution < 1.29 is 14.3 Å². The molecule has 0 radical (unpaired) electrons. The molecule has 2 amide bonds. The van der Waals surface area contributed by atoms with Crippen LogP contribution >= 0.6 is 11.6 Å². The van der Waals surface area contributed by atoms with Gasteiger partial charge in [-0.25, -0.2) is 9.18 Å². The van der Waals surface area contributed by atoms with Crippen molar-refractivity contribution in [3.63, 3.8) is 0 Å². The molecule has 1 unspecified atom stereocenters. The van der Waals surface area contributed by atoms with Crippen molar-refractivity contribution >= 4 is 17.6 Å². The zero-order valence-electron chi connectivity index (χ0n) is 12.0. The molecule has 1 aromatic carbocycles. The molecule has 4 nitrogen and oxygen atoms in total. The predicted molar refractivity (Wildman–Crippen MR) is 79.7 cm³/mol. The summed E-state index contributed by atoms with van der Waals surface area (Å²) in [6, 6.07) is 3.18. The number of nitrogens with one attached hydrogen (secondary N) is 2. The van der Waals surface area contributed by atoms with E-state index in [1.807, 2.05) is 0 Å². The highest BCUT2D eigenvalue weighted by Crippen LogP contribution is 2.39. The van der Waals surface area contributed by atoms with Gasteiger partial charge in [-0.3, -0.25) is 0 Å². The molecule has 0 aliphatic heterocycles. The molecule has 0 bridgehead atoms. The second-order valence-corrected chi connectivity index (χ2v) is 6.31. The fraction of sp³-hybridized carbons (Fsp3) is 0.533. The highest BCUT2D eigenvalue weighted by atomic mass is 35.5. The van der Waals surface area contributed by atoms with E-state index in [0.717, 1.165) is 12.8 Å². The van der Waals surface area contributed by atoms with E-state index in [1.54, 1.807) is 6.07 Å². The van der Waals surface area contributed by atoms with Crippen molar-refractivity contribution in [1.82, 2.24) is 10.6 Å². The molecule has 1 aliphatic carbocycles. The number of urea groups is 1. The predicted octanol–water partition coefficient (Wildman–Crippen LogP) is 3.00. The van der Waals surface area contributed by atoms with Crippen molar-refractivity contribution in [3.05, 3.63) is 34.6 Å². The number of carbonyl (C=O) groups excluding carboxylic acids is 1. The van der Waals surface area contributed by atoms with Gasteiger partial charge >= 0.3 is 6.03 Å². The van der Waals surface area contributed by atoms with Gasteiger partial charge < -0.3 is 15.7 Å². The van der Waals surface area contributed by atoms with Gasteiger partial charge in [0.05, 0.1) is 17.7 Å². The molecule has 1 fully saturated rings. The molecule has 2 rings (SSSR count). The molecule has 6 heteroatoms. The summed E-state index contributed by atoms with van der Waals surface area (Å²) in [6.45, 7) is 2.42. The number of aliphatic hydroxyl groups is 1. The van der Waals surface area contributed by atoms with Gasteiger partial charge in [0.15, 0.2) is 0 Å². The lowest BCUT2D eigenvalue weighted by atomic mass is 9.70. The molecular weight excluding hydrogens is 295 g/mol. The highest BCUT2D eigenvalue weighted by molar-refractivity contribution is 6.30. The third-order valence-corrected chi connectivity index (χ3v) is 4.38. The van der Waals surface area contributed by atoms with Crippen molar-refractivity contribution in [2.24, 2.45) is 5.41 Å². The first-order valence-corrected chi connectivity index (χ1v) is 7.41. The van der Waals surface area contributed by atoms with E-state index in [-0.39, 0.29) is 23.1 Å². The van der Waals surface area contributed by atoms with Crippen LogP contribution in [0.2, 0.25) is 5.02 Å². The maximum absolute atomic E-state index is 13.4. The Kier molecular flexibility index (Phi) is 5.06. The second kappa shape index (κ2) is 6.62. The van der Waals surface area contributed by atoms with Crippen LogP contribution in [-0.2, 0) is 0 Å². The first-order chi connectivity index (χ1) is 9.93. The summed E-state index contributed by atoms with van der Waals surface area (Å²) in [5.41, 5.74) is 0.655. The summed E-state index contributed by atoms with van der Waals surface area (Å²) in [4.78, 5) is 11.9. The Morgan fingerprint density at radius 1 is 1.52 bits per heavy atom. The molecular formula is C15H20ClFN2O2. The number of halogens is 2. The summed E-state index contributed by atoms with van der Waals surface area (Å²) < 4.78 is 13.4. The molecule has 0 saturated heterocycles. The number of carbonyl (C=O) groups is 1. The Morgan fingerprint density at radius 3 is 2.76 bits per heavy atom. The molecule has 1 saturated carbocycles. The van der Waals surface area contributed by atoms with Crippen molar-refractivity contribution in [2.45, 2.75) is 32.2 Å². The average molecular weight is 315 g/mol. The van der Waals surface area contributed by atoms with E-state index in [9.17, 15) is 14.3 Å². The number of benzene rings is 1. The zero-order chi connectivity index (χ0) is 15.5. The quantitative estimate of drug-likeness (QED) is 0.782. The molecule has 116 valence electrons. The van der Waals surface area contributed by atoms with Gasteiger partial charge in [-0.15, -0.1) is 0 Å². The minimum absolute atomic E-state index is 0.0119. The van der Waals surface area contributed by atoms with Crippen molar-refractivity contribution in [1.29, 1.82) is 0 Å². The summed E-state index contributed by atoms with van der Waals surface area (Å²) in [7, 11) is 0. The molecule has 0 heterocycles. The maximum Gasteiger partial charge on any atom is 0.315 e. The summed E-state index contributed by atoms with van der Waals surface area (Å²) in [5.74, 6) is -0.572. The third kappa shape index (κ3) is 4.08. The molecule has 1 aromatic rings. The lowest BCUT2D eigenvalue weighted by molar-refractivity contribution is 0.155. The molecule has 0 spiro atoms. The zero-order valence-corrected chi connectivity index (χ0v) is 12.7. The van der Waals surface area contributed by atoms with Crippen molar-refractivity contribution in [3.8, 4) is 0 Å². The second-order valence-electron chi connectivity index (χ2n) is 5.90. The topological polar surface area (TPSA) is 61.4 Å². The fourth-order valence-electron chi connectivity index (χ4n) is 2.42. The first-order valence-electron chi connectivity index (χ1n) is 7.04. The van der Waals surface area contributed by atoms with E-state index in [1.165, 1.54) is 18.6 Å². The number of hydrogen-bond acceptors (Lipinski definition) is 2. The van der Waals surface area contributed by atoms with Crippen LogP contribution in [0.25, 0.3) is 0 Å².